The van der Waals surface area contributed by atoms with Crippen molar-refractivity contribution < 1.29 is 18.0 Å². The zero-order valence-electron chi connectivity index (χ0n) is 10.1. The Balaban J connectivity index is 2.58. The summed E-state index contributed by atoms with van der Waals surface area (Å²) in [6, 6.07) is 0.487. The van der Waals surface area contributed by atoms with Gasteiger partial charge >= 0.3 is 12.2 Å². The highest BCUT2D eigenvalue weighted by atomic mass is 35.5. The summed E-state index contributed by atoms with van der Waals surface area (Å²) in [5, 5.41) is 4.99. The monoisotopic (exact) mass is 295 g/mol. The van der Waals surface area contributed by atoms with Crippen LogP contribution in [0.2, 0.25) is 5.02 Å². The third-order valence-electron chi connectivity index (χ3n) is 2.23. The standard InChI is InChI=1S/C11H13ClF3N3O/c1-2-16-10(19)17-4-3-9-8(12)5-7(6-18-9)11(13,14)15/h5-6H,2-4H2,1H3,(H2,16,17,19). The Kier molecular flexibility index (Phi) is 5.41. The van der Waals surface area contributed by atoms with Crippen molar-refractivity contribution in [1.29, 1.82) is 0 Å². The van der Waals surface area contributed by atoms with Crippen molar-refractivity contribution in [3.63, 3.8) is 0 Å². The lowest BCUT2D eigenvalue weighted by Crippen LogP contribution is -2.36. The normalized spacial score (nSPS) is 11.2. The minimum atomic E-state index is -4.46. The number of pyridine rings is 1. The first-order chi connectivity index (χ1) is 8.84. The molecule has 0 aliphatic heterocycles. The maximum Gasteiger partial charge on any atom is 0.417 e. The average Bonchev–Trinajstić information content (AvgIpc) is 2.30. The van der Waals surface area contributed by atoms with Gasteiger partial charge in [0.1, 0.15) is 0 Å². The van der Waals surface area contributed by atoms with E-state index in [1.807, 2.05) is 0 Å². The second-order valence-electron chi connectivity index (χ2n) is 3.69. The van der Waals surface area contributed by atoms with Crippen molar-refractivity contribution in [2.24, 2.45) is 0 Å². The molecule has 0 saturated carbocycles. The SMILES string of the molecule is CCNC(=O)NCCc1ncc(C(F)(F)F)cc1Cl. The molecule has 1 heterocycles. The highest BCUT2D eigenvalue weighted by Crippen LogP contribution is 2.30. The molecule has 0 fully saturated rings. The summed E-state index contributed by atoms with van der Waals surface area (Å²) < 4.78 is 37.1. The van der Waals surface area contributed by atoms with Gasteiger partial charge in [0.25, 0.3) is 0 Å². The van der Waals surface area contributed by atoms with E-state index in [4.69, 9.17) is 11.6 Å². The number of carbonyl (C=O) groups excluding carboxylic acids is 1. The molecular formula is C11H13ClF3N3O. The Bertz CT molecular complexity index is 451. The first kappa shape index (κ1) is 15.6. The zero-order chi connectivity index (χ0) is 14.5. The number of nitrogens with one attached hydrogen (secondary N) is 2. The van der Waals surface area contributed by atoms with E-state index in [9.17, 15) is 18.0 Å². The number of aromatic nitrogens is 1. The molecule has 2 N–H and O–H groups in total. The lowest BCUT2D eigenvalue weighted by Gasteiger charge is -2.09. The van der Waals surface area contributed by atoms with Crippen LogP contribution in [0.5, 0.6) is 0 Å². The molecule has 0 aliphatic rings. The van der Waals surface area contributed by atoms with E-state index in [0.717, 1.165) is 12.3 Å². The number of hydrogen-bond donors (Lipinski definition) is 2. The van der Waals surface area contributed by atoms with Gasteiger partial charge in [-0.15, -0.1) is 0 Å². The number of carbonyl (C=O) groups is 1. The molecule has 0 radical (unpaired) electrons. The molecule has 8 heteroatoms. The third-order valence-corrected chi connectivity index (χ3v) is 2.56. The van der Waals surface area contributed by atoms with Crippen LogP contribution in [0, 0.1) is 0 Å². The van der Waals surface area contributed by atoms with E-state index in [-0.39, 0.29) is 24.0 Å². The van der Waals surface area contributed by atoms with E-state index < -0.39 is 11.7 Å². The van der Waals surface area contributed by atoms with Crippen molar-refractivity contribution in [1.82, 2.24) is 15.6 Å². The Morgan fingerprint density at radius 2 is 2.11 bits per heavy atom. The van der Waals surface area contributed by atoms with Crippen LogP contribution in [0.25, 0.3) is 0 Å². The Morgan fingerprint density at radius 3 is 2.63 bits per heavy atom. The van der Waals surface area contributed by atoms with Gasteiger partial charge in [-0.2, -0.15) is 13.2 Å². The number of nitrogens with zero attached hydrogens (tertiary/aromatic N) is 1. The maximum atomic E-state index is 12.4. The molecule has 1 aromatic heterocycles. The van der Waals surface area contributed by atoms with E-state index in [1.165, 1.54) is 0 Å². The molecule has 1 rings (SSSR count). The number of rotatable bonds is 4. The fourth-order valence-electron chi connectivity index (χ4n) is 1.32. The van der Waals surface area contributed by atoms with Crippen molar-refractivity contribution in [2.45, 2.75) is 19.5 Å². The number of hydrogen-bond acceptors (Lipinski definition) is 2. The van der Waals surface area contributed by atoms with Crippen molar-refractivity contribution in [3.05, 3.63) is 28.5 Å². The van der Waals surface area contributed by atoms with Crippen molar-refractivity contribution >= 4 is 17.6 Å². The van der Waals surface area contributed by atoms with Crippen LogP contribution in [-0.4, -0.2) is 24.1 Å². The molecular weight excluding hydrogens is 283 g/mol. The smallest absolute Gasteiger partial charge is 0.338 e. The number of alkyl halides is 3. The van der Waals surface area contributed by atoms with Gasteiger partial charge in [-0.1, -0.05) is 11.6 Å². The zero-order valence-corrected chi connectivity index (χ0v) is 10.9. The minimum Gasteiger partial charge on any atom is -0.338 e. The van der Waals surface area contributed by atoms with Gasteiger partial charge in [0.2, 0.25) is 0 Å². The fraction of sp³-hybridized carbons (Fsp3) is 0.455. The summed E-state index contributed by atoms with van der Waals surface area (Å²) in [6.45, 7) is 2.50. The summed E-state index contributed by atoms with van der Waals surface area (Å²) in [5.41, 5.74) is -0.579. The van der Waals surface area contributed by atoms with E-state index in [2.05, 4.69) is 15.6 Å². The number of halogens is 4. The summed E-state index contributed by atoms with van der Waals surface area (Å²) in [7, 11) is 0. The molecule has 1 aromatic rings. The topological polar surface area (TPSA) is 54.0 Å². The van der Waals surface area contributed by atoms with Crippen LogP contribution in [0.15, 0.2) is 12.3 Å². The first-order valence-corrected chi connectivity index (χ1v) is 5.95. The first-order valence-electron chi connectivity index (χ1n) is 5.58. The molecule has 4 nitrogen and oxygen atoms in total. The average molecular weight is 296 g/mol. The number of urea groups is 1. The van der Waals surface area contributed by atoms with E-state index in [0.29, 0.717) is 12.2 Å². The Labute approximate surface area is 113 Å². The molecule has 2 amide bonds. The van der Waals surface area contributed by atoms with Gasteiger partial charge in [0.15, 0.2) is 0 Å². The molecule has 19 heavy (non-hydrogen) atoms. The van der Waals surface area contributed by atoms with E-state index in [1.54, 1.807) is 6.92 Å². The van der Waals surface area contributed by atoms with Crippen LogP contribution in [0.1, 0.15) is 18.2 Å². The second-order valence-corrected chi connectivity index (χ2v) is 4.09. The van der Waals surface area contributed by atoms with Crippen LogP contribution >= 0.6 is 11.6 Å². The highest BCUT2D eigenvalue weighted by Gasteiger charge is 2.31. The summed E-state index contributed by atoms with van der Waals surface area (Å²) in [5.74, 6) is 0. The second kappa shape index (κ2) is 6.60. The predicted molar refractivity (Wildman–Crippen MR) is 65.0 cm³/mol. The van der Waals surface area contributed by atoms with Crippen molar-refractivity contribution in [3.8, 4) is 0 Å². The molecule has 0 spiro atoms. The molecule has 0 aromatic carbocycles. The van der Waals surface area contributed by atoms with Crippen LogP contribution in [0.3, 0.4) is 0 Å². The van der Waals surface area contributed by atoms with Crippen LogP contribution < -0.4 is 10.6 Å². The van der Waals surface area contributed by atoms with Crippen LogP contribution in [0.4, 0.5) is 18.0 Å². The van der Waals surface area contributed by atoms with Gasteiger partial charge in [0.05, 0.1) is 16.3 Å². The van der Waals surface area contributed by atoms with Gasteiger partial charge in [-0.3, -0.25) is 4.98 Å². The van der Waals surface area contributed by atoms with Crippen molar-refractivity contribution in [2.75, 3.05) is 13.1 Å². The lowest BCUT2D eigenvalue weighted by molar-refractivity contribution is -0.137. The summed E-state index contributed by atoms with van der Waals surface area (Å²) in [4.78, 5) is 14.7. The van der Waals surface area contributed by atoms with E-state index >= 15 is 0 Å². The Hall–Kier alpha value is -1.50. The minimum absolute atomic E-state index is 0.0625. The molecule has 0 atom stereocenters. The molecule has 0 aliphatic carbocycles. The summed E-state index contributed by atoms with van der Waals surface area (Å²) >= 11 is 5.72. The fourth-order valence-corrected chi connectivity index (χ4v) is 1.58. The maximum absolute atomic E-state index is 12.4. The highest BCUT2D eigenvalue weighted by molar-refractivity contribution is 6.31. The van der Waals surface area contributed by atoms with Crippen LogP contribution in [-0.2, 0) is 12.6 Å². The predicted octanol–water partition coefficient (Wildman–Crippen LogP) is 2.62. The summed E-state index contributed by atoms with van der Waals surface area (Å²) in [6.07, 6.45) is -3.48. The molecule has 0 bridgehead atoms. The van der Waals surface area contributed by atoms with Gasteiger partial charge in [-0.25, -0.2) is 4.79 Å². The molecule has 0 unspecified atom stereocenters. The third kappa shape index (κ3) is 4.94. The quantitative estimate of drug-likeness (QED) is 0.897. The molecule has 0 saturated heterocycles. The molecule has 106 valence electrons. The van der Waals surface area contributed by atoms with Gasteiger partial charge in [0, 0.05) is 25.7 Å². The lowest BCUT2D eigenvalue weighted by atomic mass is 10.2. The number of amides is 2. The Morgan fingerprint density at radius 1 is 1.42 bits per heavy atom. The van der Waals surface area contributed by atoms with Gasteiger partial charge < -0.3 is 10.6 Å². The largest absolute Gasteiger partial charge is 0.417 e. The van der Waals surface area contributed by atoms with Gasteiger partial charge in [-0.05, 0) is 13.0 Å².